The Balaban J connectivity index is 0.000000140. The SMILES string of the molecule is Cc1cc(C)c(-c2c[c-]c3c(c2)C24CCCC2(CCC4)c2cccnc2-3)c(C)c1.[Ir].[c-]1ccnc2c1-c1ncccc1C13CCCC21CCC3. The molecular weight excluding hydrogens is 787 g/mol. The molecule has 0 bridgehead atoms. The van der Waals surface area contributed by atoms with Crippen molar-refractivity contribution in [3.8, 4) is 33.6 Å². The van der Waals surface area contributed by atoms with Gasteiger partial charge >= 0.3 is 0 Å². The largest absolute Gasteiger partial charge is 0.356 e. The van der Waals surface area contributed by atoms with Crippen LogP contribution in [0.15, 0.2) is 73.2 Å². The van der Waals surface area contributed by atoms with Gasteiger partial charge in [-0.25, -0.2) is 0 Å². The fourth-order valence-electron chi connectivity index (χ4n) is 13.0. The van der Waals surface area contributed by atoms with Gasteiger partial charge in [0.1, 0.15) is 0 Å². The molecular formula is C46H45IrN3-2. The fraction of sp³-hybridized carbons (Fsp3) is 0.413. The zero-order valence-corrected chi connectivity index (χ0v) is 32.0. The molecule has 0 amide bonds. The number of pyridine rings is 3. The van der Waals surface area contributed by atoms with Crippen molar-refractivity contribution in [2.75, 3.05) is 0 Å². The van der Waals surface area contributed by atoms with Crippen molar-refractivity contribution in [3.05, 3.63) is 124 Å². The first-order valence-electron chi connectivity index (χ1n) is 18.9. The predicted octanol–water partition coefficient (Wildman–Crippen LogP) is 10.8. The van der Waals surface area contributed by atoms with E-state index < -0.39 is 0 Å². The van der Waals surface area contributed by atoms with E-state index in [-0.39, 0.29) is 30.9 Å². The molecule has 5 aromatic rings. The van der Waals surface area contributed by atoms with Crippen LogP contribution in [-0.2, 0) is 41.8 Å². The molecule has 3 nitrogen and oxygen atoms in total. The topological polar surface area (TPSA) is 38.7 Å². The van der Waals surface area contributed by atoms with Crippen LogP contribution < -0.4 is 0 Å². The summed E-state index contributed by atoms with van der Waals surface area (Å²) in [5.41, 5.74) is 18.6. The van der Waals surface area contributed by atoms with E-state index in [1.807, 2.05) is 24.7 Å². The summed E-state index contributed by atoms with van der Waals surface area (Å²) in [6.45, 7) is 6.69. The molecule has 11 rings (SSSR count). The van der Waals surface area contributed by atoms with E-state index in [1.165, 1.54) is 144 Å². The molecule has 0 unspecified atom stereocenters. The molecule has 0 N–H and O–H groups in total. The van der Waals surface area contributed by atoms with Crippen LogP contribution in [0.4, 0.5) is 0 Å². The van der Waals surface area contributed by atoms with Crippen molar-refractivity contribution < 1.29 is 20.1 Å². The van der Waals surface area contributed by atoms with Gasteiger partial charge in [-0.15, -0.1) is 47.0 Å². The number of fused-ring (bicyclic) bond motifs is 6. The zero-order chi connectivity index (χ0) is 33.0. The second-order valence-corrected chi connectivity index (χ2v) is 16.3. The minimum absolute atomic E-state index is 0. The molecule has 4 saturated carbocycles. The van der Waals surface area contributed by atoms with E-state index in [0.717, 1.165) is 5.69 Å². The summed E-state index contributed by atoms with van der Waals surface area (Å²) in [6, 6.07) is 27.4. The van der Waals surface area contributed by atoms with Crippen LogP contribution in [0.1, 0.15) is 116 Å². The van der Waals surface area contributed by atoms with Crippen molar-refractivity contribution >= 4 is 0 Å². The summed E-state index contributed by atoms with van der Waals surface area (Å²) < 4.78 is 0. The van der Waals surface area contributed by atoms with Crippen LogP contribution in [-0.4, -0.2) is 15.0 Å². The first-order valence-corrected chi connectivity index (χ1v) is 18.9. The number of hydrogen-bond donors (Lipinski definition) is 0. The molecule has 0 saturated heterocycles. The summed E-state index contributed by atoms with van der Waals surface area (Å²) in [5, 5.41) is 0. The third-order valence-corrected chi connectivity index (χ3v) is 14.4. The Labute approximate surface area is 311 Å². The van der Waals surface area contributed by atoms with Crippen LogP contribution in [0.3, 0.4) is 0 Å². The molecule has 0 atom stereocenters. The van der Waals surface area contributed by atoms with Gasteiger partial charge in [0.25, 0.3) is 0 Å². The van der Waals surface area contributed by atoms with E-state index in [0.29, 0.717) is 10.8 Å². The molecule has 3 heterocycles. The molecule has 0 spiro atoms. The van der Waals surface area contributed by atoms with Gasteiger partial charge in [-0.3, -0.25) is 0 Å². The molecule has 4 fully saturated rings. The van der Waals surface area contributed by atoms with E-state index in [9.17, 15) is 0 Å². The number of hydrogen-bond acceptors (Lipinski definition) is 3. The second kappa shape index (κ2) is 11.5. The summed E-state index contributed by atoms with van der Waals surface area (Å²) in [7, 11) is 0. The standard InChI is InChI=1S/C28H28N.C18H17N2.Ir/c1-18-15-19(2)25(20(3)16-18)21-8-9-22-24(17-21)28-12-5-10-27(28,11-6-13-28)23-7-4-14-29-26(22)23;1-5-13-15-14(6-2-11-19-15)17-7-3-9-18(17,10-4-8-17)16(13)20-12-1;/h4,7-8,14-17H,5-6,10-13H2,1-3H3;1-2,6,11-12H,3-4,7-10H2;/q2*-1;. The van der Waals surface area contributed by atoms with Gasteiger partial charge in [0, 0.05) is 32.5 Å². The Hall–Kier alpha value is -3.46. The first kappa shape index (κ1) is 32.4. The number of benzene rings is 2. The third-order valence-electron chi connectivity index (χ3n) is 14.4. The predicted molar refractivity (Wildman–Crippen MR) is 197 cm³/mol. The smallest absolute Gasteiger partial charge is 0.0161 e. The maximum Gasteiger partial charge on any atom is 0.0161 e. The fourth-order valence-corrected chi connectivity index (χ4v) is 13.0. The average molecular weight is 832 g/mol. The number of aromatic nitrogens is 3. The van der Waals surface area contributed by atoms with Crippen molar-refractivity contribution in [2.45, 2.75) is 119 Å². The van der Waals surface area contributed by atoms with Crippen LogP contribution in [0.2, 0.25) is 0 Å². The van der Waals surface area contributed by atoms with Crippen molar-refractivity contribution in [2.24, 2.45) is 0 Å². The summed E-state index contributed by atoms with van der Waals surface area (Å²) in [4.78, 5) is 14.4. The van der Waals surface area contributed by atoms with Crippen LogP contribution >= 0.6 is 0 Å². The molecule has 2 aromatic carbocycles. The summed E-state index contributed by atoms with van der Waals surface area (Å²) in [6.07, 6.45) is 21.6. The Bertz CT molecular complexity index is 2060. The monoisotopic (exact) mass is 832 g/mol. The van der Waals surface area contributed by atoms with Gasteiger partial charge < -0.3 is 15.0 Å². The molecule has 6 aliphatic rings. The molecule has 4 heteroatoms. The Morgan fingerprint density at radius 1 is 0.560 bits per heavy atom. The van der Waals surface area contributed by atoms with Gasteiger partial charge in [0.15, 0.2) is 0 Å². The maximum atomic E-state index is 4.89. The maximum absolute atomic E-state index is 4.89. The minimum Gasteiger partial charge on any atom is -0.356 e. The number of nitrogens with zero attached hydrogens (tertiary/aromatic N) is 3. The van der Waals surface area contributed by atoms with Gasteiger partial charge in [-0.2, -0.15) is 0 Å². The van der Waals surface area contributed by atoms with Crippen molar-refractivity contribution in [1.82, 2.24) is 15.0 Å². The summed E-state index contributed by atoms with van der Waals surface area (Å²) >= 11 is 0. The van der Waals surface area contributed by atoms with Crippen LogP contribution in [0.25, 0.3) is 33.6 Å². The third kappa shape index (κ3) is 4.04. The van der Waals surface area contributed by atoms with E-state index >= 15 is 0 Å². The number of rotatable bonds is 1. The van der Waals surface area contributed by atoms with Gasteiger partial charge in [0.05, 0.1) is 0 Å². The Kier molecular flexibility index (Phi) is 7.48. The first-order chi connectivity index (χ1) is 23.9. The Morgan fingerprint density at radius 3 is 1.68 bits per heavy atom. The van der Waals surface area contributed by atoms with Gasteiger partial charge in [0.2, 0.25) is 0 Å². The van der Waals surface area contributed by atoms with Crippen molar-refractivity contribution in [3.63, 3.8) is 0 Å². The Morgan fingerprint density at radius 2 is 1.08 bits per heavy atom. The zero-order valence-electron chi connectivity index (χ0n) is 29.6. The van der Waals surface area contributed by atoms with E-state index in [2.05, 4.69) is 81.4 Å². The molecule has 3 aromatic heterocycles. The molecule has 1 radical (unpaired) electrons. The molecule has 0 aliphatic heterocycles. The van der Waals surface area contributed by atoms with Crippen LogP contribution in [0, 0.1) is 32.9 Å². The van der Waals surface area contributed by atoms with Gasteiger partial charge in [-0.1, -0.05) is 108 Å². The van der Waals surface area contributed by atoms with Crippen molar-refractivity contribution in [1.29, 1.82) is 0 Å². The van der Waals surface area contributed by atoms with Crippen LogP contribution in [0.5, 0.6) is 0 Å². The van der Waals surface area contributed by atoms with Gasteiger partial charge in [-0.05, 0) is 110 Å². The number of aryl methyl sites for hydroxylation is 3. The van der Waals surface area contributed by atoms with E-state index in [4.69, 9.17) is 15.0 Å². The second-order valence-electron chi connectivity index (χ2n) is 16.3. The quantitative estimate of drug-likeness (QED) is 0.158. The van der Waals surface area contributed by atoms with E-state index in [1.54, 1.807) is 0 Å². The molecule has 6 aliphatic carbocycles. The molecule has 50 heavy (non-hydrogen) atoms. The minimum atomic E-state index is 0. The average Bonchev–Trinajstić information content (AvgIpc) is 3.88. The normalized spacial score (nSPS) is 28.7. The summed E-state index contributed by atoms with van der Waals surface area (Å²) in [5.74, 6) is 0. The molecule has 255 valence electrons.